The Morgan fingerprint density at radius 3 is 2.90 bits per heavy atom. The number of fused-ring (bicyclic) bond motifs is 1. The van der Waals surface area contributed by atoms with Gasteiger partial charge in [0.2, 0.25) is 0 Å². The number of aromatic nitrogens is 3. The van der Waals surface area contributed by atoms with E-state index >= 15 is 0 Å². The van der Waals surface area contributed by atoms with Crippen LogP contribution in [-0.2, 0) is 11.2 Å². The van der Waals surface area contributed by atoms with Crippen LogP contribution in [0, 0.1) is 0 Å². The van der Waals surface area contributed by atoms with Crippen molar-refractivity contribution in [3.05, 3.63) is 77.9 Å². The van der Waals surface area contributed by atoms with Crippen molar-refractivity contribution in [2.75, 3.05) is 13.2 Å². The summed E-state index contributed by atoms with van der Waals surface area (Å²) >= 11 is 0. The maximum absolute atomic E-state index is 12.8. The molecule has 4 heterocycles. The van der Waals surface area contributed by atoms with Crippen LogP contribution in [0.3, 0.4) is 0 Å². The van der Waals surface area contributed by atoms with Gasteiger partial charge in [0.1, 0.15) is 11.2 Å². The second-order valence-corrected chi connectivity index (χ2v) is 7.61. The number of amides is 1. The molecule has 4 aromatic rings. The van der Waals surface area contributed by atoms with Gasteiger partial charge in [-0.1, -0.05) is 12.1 Å². The fraction of sp³-hybridized carbons (Fsp3) is 0.261. The monoisotopic (exact) mass is 418 g/mol. The van der Waals surface area contributed by atoms with E-state index in [1.807, 2.05) is 36.5 Å². The molecule has 0 radical (unpaired) electrons. The first-order valence-corrected chi connectivity index (χ1v) is 10.2. The molecular formula is C23H22N4O4. The topological polar surface area (TPSA) is 102 Å². The second kappa shape index (κ2) is 8.33. The molecule has 1 fully saturated rings. The Bertz CT molecular complexity index is 1180. The first kappa shape index (κ1) is 19.5. The number of hydrogen-bond donors (Lipinski definition) is 2. The number of rotatable bonds is 5. The molecule has 0 unspecified atom stereocenters. The molecule has 1 aromatic carbocycles. The number of pyridine rings is 1. The van der Waals surface area contributed by atoms with Crippen LogP contribution in [0.1, 0.15) is 28.0 Å². The molecule has 1 saturated heterocycles. The van der Waals surface area contributed by atoms with E-state index in [4.69, 9.17) is 9.15 Å². The summed E-state index contributed by atoms with van der Waals surface area (Å²) in [6.45, 7) is 0.731. The minimum absolute atomic E-state index is 0.221. The predicted molar refractivity (Wildman–Crippen MR) is 113 cm³/mol. The Morgan fingerprint density at radius 2 is 2.13 bits per heavy atom. The Hall–Kier alpha value is -3.49. The third-order valence-electron chi connectivity index (χ3n) is 5.46. The predicted octanol–water partition coefficient (Wildman–Crippen LogP) is 2.48. The van der Waals surface area contributed by atoms with Crippen molar-refractivity contribution in [2.45, 2.75) is 25.0 Å². The van der Waals surface area contributed by atoms with Crippen LogP contribution in [-0.4, -0.2) is 51.1 Å². The lowest BCUT2D eigenvalue weighted by molar-refractivity contribution is -0.0261. The highest BCUT2D eigenvalue weighted by atomic mass is 16.5. The quantitative estimate of drug-likeness (QED) is 0.516. The van der Waals surface area contributed by atoms with E-state index in [-0.39, 0.29) is 18.6 Å². The van der Waals surface area contributed by atoms with E-state index in [0.717, 1.165) is 16.8 Å². The molecule has 31 heavy (non-hydrogen) atoms. The fourth-order valence-corrected chi connectivity index (χ4v) is 3.81. The van der Waals surface area contributed by atoms with Gasteiger partial charge in [-0.05, 0) is 36.2 Å². The molecule has 8 heteroatoms. The van der Waals surface area contributed by atoms with Crippen LogP contribution in [0.5, 0.6) is 0 Å². The average Bonchev–Trinajstić information content (AvgIpc) is 3.48. The number of carbonyl (C=O) groups excluding carboxylic acids is 1. The van der Waals surface area contributed by atoms with Crippen LogP contribution in [0.15, 0.2) is 65.5 Å². The molecule has 2 atom stereocenters. The van der Waals surface area contributed by atoms with E-state index < -0.39 is 6.10 Å². The lowest BCUT2D eigenvalue weighted by Gasteiger charge is -2.28. The molecule has 158 valence electrons. The fourth-order valence-electron chi connectivity index (χ4n) is 3.81. The van der Waals surface area contributed by atoms with Crippen molar-refractivity contribution in [1.29, 1.82) is 0 Å². The van der Waals surface area contributed by atoms with Gasteiger partial charge in [0.25, 0.3) is 5.91 Å². The Kier molecular flexibility index (Phi) is 5.23. The highest BCUT2D eigenvalue weighted by Gasteiger charge is 2.26. The number of nitrogens with one attached hydrogen (secondary N) is 1. The molecule has 0 spiro atoms. The Balaban J connectivity index is 1.39. The lowest BCUT2D eigenvalue weighted by atomic mass is 10.0. The normalized spacial score (nSPS) is 18.9. The third-order valence-corrected chi connectivity index (χ3v) is 5.46. The molecule has 8 nitrogen and oxygen atoms in total. The molecule has 3 aromatic heterocycles. The van der Waals surface area contributed by atoms with E-state index in [1.54, 1.807) is 29.3 Å². The summed E-state index contributed by atoms with van der Waals surface area (Å²) in [7, 11) is 0. The second-order valence-electron chi connectivity index (χ2n) is 7.61. The van der Waals surface area contributed by atoms with E-state index in [2.05, 4.69) is 15.4 Å². The number of aliphatic hydroxyl groups is 1. The number of nitrogens with zero attached hydrogens (tertiary/aromatic N) is 3. The average molecular weight is 418 g/mol. The van der Waals surface area contributed by atoms with E-state index in [1.165, 1.54) is 0 Å². The van der Waals surface area contributed by atoms with Crippen LogP contribution in [0.25, 0.3) is 16.8 Å². The molecule has 0 bridgehead atoms. The van der Waals surface area contributed by atoms with Crippen molar-refractivity contribution in [3.8, 4) is 5.69 Å². The largest absolute Gasteiger partial charge is 0.462 e. The number of furan rings is 1. The van der Waals surface area contributed by atoms with Gasteiger partial charge >= 0.3 is 0 Å². The van der Waals surface area contributed by atoms with Crippen LogP contribution >= 0.6 is 0 Å². The summed E-state index contributed by atoms with van der Waals surface area (Å²) in [5.74, 6) is -0.315. The minimum atomic E-state index is -0.719. The molecule has 5 rings (SSSR count). The van der Waals surface area contributed by atoms with Gasteiger partial charge in [-0.3, -0.25) is 4.79 Å². The summed E-state index contributed by atoms with van der Waals surface area (Å²) in [4.78, 5) is 17.3. The number of benzene rings is 1. The first-order chi connectivity index (χ1) is 15.2. The van der Waals surface area contributed by atoms with Gasteiger partial charge in [-0.2, -0.15) is 5.10 Å². The van der Waals surface area contributed by atoms with Gasteiger partial charge in [0, 0.05) is 37.1 Å². The SMILES string of the molecule is O=C(N[C@H]1CCOC[C@@H]1O)c1cc(Cc2ccc(-n3cccn3)cc2)c2occc2n1. The lowest BCUT2D eigenvalue weighted by Crippen LogP contribution is -2.48. The third kappa shape index (κ3) is 4.08. The molecule has 2 N–H and O–H groups in total. The van der Waals surface area contributed by atoms with Gasteiger partial charge in [-0.15, -0.1) is 0 Å². The first-order valence-electron chi connectivity index (χ1n) is 10.2. The highest BCUT2D eigenvalue weighted by Crippen LogP contribution is 2.23. The van der Waals surface area contributed by atoms with Gasteiger partial charge in [0.15, 0.2) is 5.58 Å². The summed E-state index contributed by atoms with van der Waals surface area (Å²) in [6.07, 6.45) is 5.65. The van der Waals surface area contributed by atoms with Crippen molar-refractivity contribution in [1.82, 2.24) is 20.1 Å². The van der Waals surface area contributed by atoms with E-state index in [0.29, 0.717) is 36.2 Å². The summed E-state index contributed by atoms with van der Waals surface area (Å²) < 4.78 is 12.7. The zero-order valence-electron chi connectivity index (χ0n) is 16.8. The Morgan fingerprint density at radius 1 is 1.26 bits per heavy atom. The zero-order chi connectivity index (χ0) is 21.2. The summed E-state index contributed by atoms with van der Waals surface area (Å²) in [6, 6.07) is 13.1. The van der Waals surface area contributed by atoms with Crippen LogP contribution in [0.2, 0.25) is 0 Å². The molecule has 0 saturated carbocycles. The zero-order valence-corrected chi connectivity index (χ0v) is 16.8. The minimum Gasteiger partial charge on any atom is -0.462 e. The van der Waals surface area contributed by atoms with Crippen molar-refractivity contribution >= 4 is 17.0 Å². The maximum atomic E-state index is 12.8. The standard InChI is InChI=1S/C23H22N4O4/c28-21-14-30-10-6-18(21)26-23(29)20-13-16(22-19(25-20)7-11-31-22)12-15-2-4-17(5-3-15)27-9-1-8-24-27/h1-5,7-9,11,13,18,21,28H,6,10,12,14H2,(H,26,29)/t18-,21-/m0/s1. The Labute approximate surface area is 178 Å². The smallest absolute Gasteiger partial charge is 0.270 e. The maximum Gasteiger partial charge on any atom is 0.270 e. The van der Waals surface area contributed by atoms with Crippen molar-refractivity contribution < 1.29 is 19.1 Å². The van der Waals surface area contributed by atoms with Crippen molar-refractivity contribution in [3.63, 3.8) is 0 Å². The molecule has 0 aliphatic carbocycles. The molecule has 1 amide bonds. The number of aliphatic hydroxyl groups excluding tert-OH is 1. The summed E-state index contributed by atoms with van der Waals surface area (Å²) in [5, 5.41) is 17.2. The van der Waals surface area contributed by atoms with Crippen LogP contribution < -0.4 is 5.32 Å². The number of ether oxygens (including phenoxy) is 1. The molecule has 1 aliphatic rings. The van der Waals surface area contributed by atoms with E-state index in [9.17, 15) is 9.90 Å². The molecule has 1 aliphatic heterocycles. The number of carbonyl (C=O) groups is 1. The number of hydrogen-bond acceptors (Lipinski definition) is 6. The summed E-state index contributed by atoms with van der Waals surface area (Å²) in [5.41, 5.74) is 4.52. The van der Waals surface area contributed by atoms with Crippen LogP contribution in [0.4, 0.5) is 0 Å². The highest BCUT2D eigenvalue weighted by molar-refractivity contribution is 5.95. The van der Waals surface area contributed by atoms with Gasteiger partial charge < -0.3 is 19.6 Å². The van der Waals surface area contributed by atoms with Crippen molar-refractivity contribution in [2.24, 2.45) is 0 Å². The molecular weight excluding hydrogens is 396 g/mol. The van der Waals surface area contributed by atoms with Gasteiger partial charge in [-0.25, -0.2) is 9.67 Å². The van der Waals surface area contributed by atoms with Gasteiger partial charge in [0.05, 0.1) is 30.7 Å².